The topological polar surface area (TPSA) is 42.0 Å². The van der Waals surface area contributed by atoms with Gasteiger partial charge in [0, 0.05) is 23.1 Å². The van der Waals surface area contributed by atoms with Gasteiger partial charge in [-0.3, -0.25) is 10.1 Å². The fourth-order valence-corrected chi connectivity index (χ4v) is 2.84. The highest BCUT2D eigenvalue weighted by atomic mass is 32.1. The first-order chi connectivity index (χ1) is 10.3. The molecule has 0 fully saturated rings. The van der Waals surface area contributed by atoms with Crippen molar-refractivity contribution < 1.29 is 4.79 Å². The summed E-state index contributed by atoms with van der Waals surface area (Å²) in [4.78, 5) is 17.4. The van der Waals surface area contributed by atoms with Gasteiger partial charge < -0.3 is 0 Å². The Balaban J connectivity index is 1.67. The van der Waals surface area contributed by atoms with Crippen LogP contribution in [0, 0.1) is 0 Å². The van der Waals surface area contributed by atoms with Gasteiger partial charge in [-0.15, -0.1) is 11.3 Å². The number of rotatable bonds is 4. The third kappa shape index (κ3) is 3.55. The molecule has 1 heterocycles. The van der Waals surface area contributed by atoms with Crippen LogP contribution in [0.5, 0.6) is 0 Å². The zero-order valence-electron chi connectivity index (χ0n) is 11.3. The molecule has 104 valence electrons. The Hall–Kier alpha value is -2.46. The highest BCUT2D eigenvalue weighted by molar-refractivity contribution is 7.15. The second kappa shape index (κ2) is 6.33. The van der Waals surface area contributed by atoms with E-state index in [2.05, 4.69) is 22.4 Å². The number of carbonyl (C=O) groups excluding carboxylic acids is 1. The van der Waals surface area contributed by atoms with E-state index in [0.29, 0.717) is 10.7 Å². The quantitative estimate of drug-likeness (QED) is 0.790. The fraction of sp³-hybridized carbons (Fsp3) is 0.0588. The second-order valence-electron chi connectivity index (χ2n) is 4.61. The molecule has 1 aromatic heterocycles. The summed E-state index contributed by atoms with van der Waals surface area (Å²) in [6.07, 6.45) is 2.65. The summed E-state index contributed by atoms with van der Waals surface area (Å²) >= 11 is 1.51. The molecule has 1 amide bonds. The lowest BCUT2D eigenvalue weighted by atomic mass is 10.1. The number of hydrogen-bond donors (Lipinski definition) is 1. The van der Waals surface area contributed by atoms with Gasteiger partial charge in [0.15, 0.2) is 5.13 Å². The van der Waals surface area contributed by atoms with Gasteiger partial charge >= 0.3 is 0 Å². The molecule has 3 rings (SSSR count). The maximum atomic E-state index is 12.0. The van der Waals surface area contributed by atoms with E-state index in [0.717, 1.165) is 11.3 Å². The molecule has 0 unspecified atom stereocenters. The van der Waals surface area contributed by atoms with Crippen molar-refractivity contribution in [1.29, 1.82) is 0 Å². The van der Waals surface area contributed by atoms with Crippen molar-refractivity contribution >= 4 is 22.4 Å². The number of nitrogens with one attached hydrogen (secondary N) is 1. The van der Waals surface area contributed by atoms with E-state index in [4.69, 9.17) is 0 Å². The molecular formula is C17H14N2OS. The Bertz CT molecular complexity index is 723. The van der Waals surface area contributed by atoms with Gasteiger partial charge in [0.05, 0.1) is 0 Å². The third-order valence-electron chi connectivity index (χ3n) is 3.03. The molecule has 21 heavy (non-hydrogen) atoms. The first-order valence-corrected chi connectivity index (χ1v) is 7.48. The van der Waals surface area contributed by atoms with Crippen LogP contribution in [0.3, 0.4) is 0 Å². The first kappa shape index (κ1) is 13.5. The van der Waals surface area contributed by atoms with E-state index in [1.807, 2.05) is 42.6 Å². The van der Waals surface area contributed by atoms with Crippen molar-refractivity contribution in [3.8, 4) is 0 Å². The van der Waals surface area contributed by atoms with Crippen LogP contribution in [0.2, 0.25) is 0 Å². The van der Waals surface area contributed by atoms with Gasteiger partial charge in [0.25, 0.3) is 5.91 Å². The Morgan fingerprint density at radius 2 is 1.67 bits per heavy atom. The summed E-state index contributed by atoms with van der Waals surface area (Å²) in [6, 6.07) is 19.4. The molecule has 0 aliphatic carbocycles. The van der Waals surface area contributed by atoms with Gasteiger partial charge in [-0.25, -0.2) is 4.98 Å². The van der Waals surface area contributed by atoms with Crippen LogP contribution in [-0.2, 0) is 6.42 Å². The third-order valence-corrected chi connectivity index (χ3v) is 3.94. The highest BCUT2D eigenvalue weighted by Crippen LogP contribution is 2.21. The maximum absolute atomic E-state index is 12.0. The largest absolute Gasteiger partial charge is 0.298 e. The Labute approximate surface area is 127 Å². The lowest BCUT2D eigenvalue weighted by Crippen LogP contribution is -2.11. The Morgan fingerprint density at radius 3 is 2.38 bits per heavy atom. The minimum atomic E-state index is -0.129. The van der Waals surface area contributed by atoms with E-state index in [9.17, 15) is 4.79 Å². The van der Waals surface area contributed by atoms with Crippen molar-refractivity contribution in [2.45, 2.75) is 6.42 Å². The normalized spacial score (nSPS) is 10.3. The molecule has 3 nitrogen and oxygen atoms in total. The molecule has 0 aliphatic rings. The monoisotopic (exact) mass is 294 g/mol. The highest BCUT2D eigenvalue weighted by Gasteiger charge is 2.08. The van der Waals surface area contributed by atoms with Crippen molar-refractivity contribution in [3.05, 3.63) is 82.9 Å². The fourth-order valence-electron chi connectivity index (χ4n) is 2.00. The SMILES string of the molecule is O=C(Nc1ncc(Cc2ccccc2)s1)c1ccccc1. The lowest BCUT2D eigenvalue weighted by Gasteiger charge is -2.00. The molecule has 2 aromatic carbocycles. The predicted molar refractivity (Wildman–Crippen MR) is 85.8 cm³/mol. The molecule has 0 atom stereocenters. The average Bonchev–Trinajstić information content (AvgIpc) is 2.96. The smallest absolute Gasteiger partial charge is 0.257 e. The predicted octanol–water partition coefficient (Wildman–Crippen LogP) is 3.99. The molecule has 0 saturated heterocycles. The summed E-state index contributed by atoms with van der Waals surface area (Å²) in [5.74, 6) is -0.129. The van der Waals surface area contributed by atoms with E-state index >= 15 is 0 Å². The zero-order chi connectivity index (χ0) is 14.5. The number of hydrogen-bond acceptors (Lipinski definition) is 3. The van der Waals surface area contributed by atoms with Crippen LogP contribution in [0.4, 0.5) is 5.13 Å². The molecule has 0 bridgehead atoms. The van der Waals surface area contributed by atoms with Crippen molar-refractivity contribution in [2.75, 3.05) is 5.32 Å². The summed E-state index contributed by atoms with van der Waals surface area (Å²) in [6.45, 7) is 0. The molecule has 0 spiro atoms. The molecule has 0 saturated carbocycles. The molecule has 1 N–H and O–H groups in total. The lowest BCUT2D eigenvalue weighted by molar-refractivity contribution is 0.102. The van der Waals surface area contributed by atoms with Crippen LogP contribution in [0.1, 0.15) is 20.8 Å². The number of anilines is 1. The Kier molecular flexibility index (Phi) is 4.07. The standard InChI is InChI=1S/C17H14N2OS/c20-16(14-9-5-2-6-10-14)19-17-18-12-15(21-17)11-13-7-3-1-4-8-13/h1-10,12H,11H2,(H,18,19,20). The molecule has 0 radical (unpaired) electrons. The van der Waals surface area contributed by atoms with Crippen LogP contribution in [-0.4, -0.2) is 10.9 Å². The summed E-state index contributed by atoms with van der Waals surface area (Å²) in [5, 5.41) is 3.47. The number of amides is 1. The van der Waals surface area contributed by atoms with Crippen molar-refractivity contribution in [1.82, 2.24) is 4.98 Å². The van der Waals surface area contributed by atoms with E-state index < -0.39 is 0 Å². The summed E-state index contributed by atoms with van der Waals surface area (Å²) in [5.41, 5.74) is 1.87. The minimum absolute atomic E-state index is 0.129. The van der Waals surface area contributed by atoms with E-state index in [1.54, 1.807) is 12.1 Å². The maximum Gasteiger partial charge on any atom is 0.257 e. The summed E-state index contributed by atoms with van der Waals surface area (Å²) in [7, 11) is 0. The van der Waals surface area contributed by atoms with E-state index in [1.165, 1.54) is 16.9 Å². The number of nitrogens with zero attached hydrogens (tertiary/aromatic N) is 1. The molecule has 0 aliphatic heterocycles. The van der Waals surface area contributed by atoms with Gasteiger partial charge in [0.2, 0.25) is 0 Å². The molecule has 3 aromatic rings. The van der Waals surface area contributed by atoms with Crippen LogP contribution in [0.15, 0.2) is 66.9 Å². The van der Waals surface area contributed by atoms with Crippen LogP contribution in [0.25, 0.3) is 0 Å². The number of benzene rings is 2. The van der Waals surface area contributed by atoms with Gasteiger partial charge in [-0.05, 0) is 17.7 Å². The number of aromatic nitrogens is 1. The average molecular weight is 294 g/mol. The minimum Gasteiger partial charge on any atom is -0.298 e. The van der Waals surface area contributed by atoms with Gasteiger partial charge in [-0.2, -0.15) is 0 Å². The molecule has 4 heteroatoms. The van der Waals surface area contributed by atoms with Crippen LogP contribution < -0.4 is 5.32 Å². The second-order valence-corrected chi connectivity index (χ2v) is 5.73. The van der Waals surface area contributed by atoms with Crippen molar-refractivity contribution in [2.24, 2.45) is 0 Å². The zero-order valence-corrected chi connectivity index (χ0v) is 12.1. The number of carbonyl (C=O) groups is 1. The first-order valence-electron chi connectivity index (χ1n) is 6.66. The van der Waals surface area contributed by atoms with Crippen molar-refractivity contribution in [3.63, 3.8) is 0 Å². The molecular weight excluding hydrogens is 280 g/mol. The number of thiazole rings is 1. The van der Waals surface area contributed by atoms with Gasteiger partial charge in [0.1, 0.15) is 0 Å². The summed E-state index contributed by atoms with van der Waals surface area (Å²) < 4.78 is 0. The van der Waals surface area contributed by atoms with E-state index in [-0.39, 0.29) is 5.91 Å². The van der Waals surface area contributed by atoms with Crippen LogP contribution >= 0.6 is 11.3 Å². The Morgan fingerprint density at radius 1 is 1.00 bits per heavy atom. The van der Waals surface area contributed by atoms with Gasteiger partial charge in [-0.1, -0.05) is 48.5 Å².